The van der Waals surface area contributed by atoms with Crippen LogP contribution in [0, 0.1) is 0 Å². The number of ether oxygens (including phenoxy) is 2. The zero-order chi connectivity index (χ0) is 19.7. The van der Waals surface area contributed by atoms with E-state index < -0.39 is 0 Å². The number of methoxy groups -OCH3 is 2. The summed E-state index contributed by atoms with van der Waals surface area (Å²) < 4.78 is 12.7. The van der Waals surface area contributed by atoms with Gasteiger partial charge in [-0.3, -0.25) is 15.1 Å². The zero-order valence-electron chi connectivity index (χ0n) is 15.6. The molecule has 3 heterocycles. The average molecular weight is 394 g/mol. The number of fused-ring (bicyclic) bond motifs is 1. The largest absolute Gasteiger partial charge is 0.496 e. The Morgan fingerprint density at radius 1 is 1.11 bits per heavy atom. The van der Waals surface area contributed by atoms with E-state index in [1.165, 1.54) is 11.3 Å². The lowest BCUT2D eigenvalue weighted by atomic mass is 10.2. The molecule has 28 heavy (non-hydrogen) atoms. The van der Waals surface area contributed by atoms with Gasteiger partial charge in [0.25, 0.3) is 5.91 Å². The van der Waals surface area contributed by atoms with E-state index in [0.717, 1.165) is 22.3 Å². The SMILES string of the molecule is COc1ccc(OC)c2c1cc(C(=O)Nc1nc(-c3ccccn3)cs1)n2C. The Morgan fingerprint density at radius 3 is 2.61 bits per heavy atom. The maximum Gasteiger partial charge on any atom is 0.274 e. The summed E-state index contributed by atoms with van der Waals surface area (Å²) in [5.41, 5.74) is 2.76. The van der Waals surface area contributed by atoms with E-state index in [0.29, 0.717) is 22.3 Å². The molecule has 0 aliphatic carbocycles. The lowest BCUT2D eigenvalue weighted by Gasteiger charge is -2.08. The number of pyridine rings is 1. The number of thiazole rings is 1. The number of nitrogens with zero attached hydrogens (tertiary/aromatic N) is 3. The predicted molar refractivity (Wildman–Crippen MR) is 109 cm³/mol. The minimum Gasteiger partial charge on any atom is -0.496 e. The Labute approximate surface area is 165 Å². The third-order valence-corrected chi connectivity index (χ3v) is 5.20. The fourth-order valence-corrected chi connectivity index (χ4v) is 3.79. The Morgan fingerprint density at radius 2 is 1.89 bits per heavy atom. The molecule has 4 aromatic rings. The van der Waals surface area contributed by atoms with Crippen molar-refractivity contribution in [2.75, 3.05) is 19.5 Å². The third-order valence-electron chi connectivity index (χ3n) is 4.44. The maximum absolute atomic E-state index is 12.9. The fourth-order valence-electron chi connectivity index (χ4n) is 3.09. The molecule has 4 rings (SSSR count). The molecule has 0 bridgehead atoms. The summed E-state index contributed by atoms with van der Waals surface area (Å²) in [6.07, 6.45) is 1.71. The van der Waals surface area contributed by atoms with Crippen LogP contribution in [-0.2, 0) is 7.05 Å². The van der Waals surface area contributed by atoms with Crippen LogP contribution in [0.15, 0.2) is 48.0 Å². The van der Waals surface area contributed by atoms with Gasteiger partial charge in [-0.2, -0.15) is 0 Å². The second-order valence-corrected chi connectivity index (χ2v) is 6.89. The van der Waals surface area contributed by atoms with E-state index in [9.17, 15) is 4.79 Å². The van der Waals surface area contributed by atoms with Crippen LogP contribution in [0.25, 0.3) is 22.3 Å². The smallest absolute Gasteiger partial charge is 0.274 e. The molecule has 1 N–H and O–H groups in total. The van der Waals surface area contributed by atoms with Gasteiger partial charge >= 0.3 is 0 Å². The number of benzene rings is 1. The molecule has 0 fully saturated rings. The lowest BCUT2D eigenvalue weighted by molar-refractivity contribution is 0.101. The third kappa shape index (κ3) is 3.07. The van der Waals surface area contributed by atoms with Crippen LogP contribution in [0.5, 0.6) is 11.5 Å². The van der Waals surface area contributed by atoms with Gasteiger partial charge in [0.2, 0.25) is 0 Å². The quantitative estimate of drug-likeness (QED) is 0.554. The van der Waals surface area contributed by atoms with Gasteiger partial charge in [0.1, 0.15) is 22.9 Å². The molecule has 7 nitrogen and oxygen atoms in total. The Balaban J connectivity index is 1.66. The number of carbonyl (C=O) groups excluding carboxylic acids is 1. The van der Waals surface area contributed by atoms with Crippen LogP contribution in [0.1, 0.15) is 10.5 Å². The van der Waals surface area contributed by atoms with Gasteiger partial charge in [0.05, 0.1) is 25.4 Å². The number of nitrogens with one attached hydrogen (secondary N) is 1. The van der Waals surface area contributed by atoms with E-state index in [2.05, 4.69) is 15.3 Å². The molecule has 0 aliphatic rings. The number of aryl methyl sites for hydroxylation is 1. The van der Waals surface area contributed by atoms with Gasteiger partial charge < -0.3 is 14.0 Å². The summed E-state index contributed by atoms with van der Waals surface area (Å²) in [5, 5.41) is 6.05. The summed E-state index contributed by atoms with van der Waals surface area (Å²) >= 11 is 1.35. The Bertz CT molecular complexity index is 1150. The summed E-state index contributed by atoms with van der Waals surface area (Å²) in [6, 6.07) is 11.1. The van der Waals surface area contributed by atoms with Gasteiger partial charge in [-0.1, -0.05) is 6.07 Å². The fraction of sp³-hybridized carbons (Fsp3) is 0.150. The number of hydrogen-bond acceptors (Lipinski definition) is 6. The molecule has 0 saturated carbocycles. The summed E-state index contributed by atoms with van der Waals surface area (Å²) in [4.78, 5) is 21.6. The molecule has 0 unspecified atom stereocenters. The van der Waals surface area contributed by atoms with Crippen LogP contribution < -0.4 is 14.8 Å². The lowest BCUT2D eigenvalue weighted by Crippen LogP contribution is -2.15. The molecular formula is C20H18N4O3S. The highest BCUT2D eigenvalue weighted by atomic mass is 32.1. The summed E-state index contributed by atoms with van der Waals surface area (Å²) in [5.74, 6) is 1.09. The van der Waals surface area contributed by atoms with Crippen molar-refractivity contribution in [1.82, 2.24) is 14.5 Å². The first kappa shape index (κ1) is 18.0. The standard InChI is InChI=1S/C20H18N4O3S/c1-24-15(10-12-16(26-2)7-8-17(27-3)18(12)24)19(25)23-20-22-14(11-28-20)13-6-4-5-9-21-13/h4-11H,1-3H3,(H,22,23,25). The van der Waals surface area contributed by atoms with Gasteiger partial charge in [-0.15, -0.1) is 11.3 Å². The molecular weight excluding hydrogens is 376 g/mol. The molecule has 1 aromatic carbocycles. The minimum atomic E-state index is -0.260. The van der Waals surface area contributed by atoms with Crippen LogP contribution in [-0.4, -0.2) is 34.7 Å². The first-order chi connectivity index (χ1) is 13.6. The first-order valence-corrected chi connectivity index (χ1v) is 9.39. The maximum atomic E-state index is 12.9. The Hall–Kier alpha value is -3.39. The number of amides is 1. The second kappa shape index (κ2) is 7.32. The highest BCUT2D eigenvalue weighted by molar-refractivity contribution is 7.14. The first-order valence-electron chi connectivity index (χ1n) is 8.51. The van der Waals surface area contributed by atoms with Gasteiger partial charge in [0, 0.05) is 24.0 Å². The molecule has 8 heteroatoms. The number of anilines is 1. The second-order valence-electron chi connectivity index (χ2n) is 6.03. The Kier molecular flexibility index (Phi) is 4.70. The monoisotopic (exact) mass is 394 g/mol. The average Bonchev–Trinajstić information content (AvgIpc) is 3.33. The minimum absolute atomic E-state index is 0.260. The normalized spacial score (nSPS) is 10.8. The van der Waals surface area contributed by atoms with Gasteiger partial charge in [-0.05, 0) is 30.3 Å². The van der Waals surface area contributed by atoms with Crippen molar-refractivity contribution >= 4 is 33.3 Å². The van der Waals surface area contributed by atoms with Crippen LogP contribution in [0.4, 0.5) is 5.13 Å². The number of rotatable bonds is 5. The number of hydrogen-bond donors (Lipinski definition) is 1. The summed E-state index contributed by atoms with van der Waals surface area (Å²) in [7, 11) is 5.02. The van der Waals surface area contributed by atoms with Crippen LogP contribution in [0.2, 0.25) is 0 Å². The molecule has 3 aromatic heterocycles. The van der Waals surface area contributed by atoms with Crippen molar-refractivity contribution in [1.29, 1.82) is 0 Å². The number of aromatic nitrogens is 3. The molecule has 0 radical (unpaired) electrons. The van der Waals surface area contributed by atoms with Crippen molar-refractivity contribution in [2.45, 2.75) is 0 Å². The molecule has 0 aliphatic heterocycles. The molecule has 142 valence electrons. The van der Waals surface area contributed by atoms with Gasteiger partial charge in [-0.25, -0.2) is 4.98 Å². The molecule has 1 amide bonds. The van der Waals surface area contributed by atoms with Gasteiger partial charge in [0.15, 0.2) is 5.13 Å². The van der Waals surface area contributed by atoms with Crippen LogP contribution in [0.3, 0.4) is 0 Å². The van der Waals surface area contributed by atoms with Crippen molar-refractivity contribution in [3.8, 4) is 22.9 Å². The highest BCUT2D eigenvalue weighted by Crippen LogP contribution is 2.35. The van der Waals surface area contributed by atoms with E-state index in [1.807, 2.05) is 42.8 Å². The van der Waals surface area contributed by atoms with Crippen molar-refractivity contribution in [2.24, 2.45) is 7.05 Å². The van der Waals surface area contributed by atoms with E-state index >= 15 is 0 Å². The molecule has 0 spiro atoms. The van der Waals surface area contributed by atoms with Crippen molar-refractivity contribution in [3.63, 3.8) is 0 Å². The molecule has 0 saturated heterocycles. The topological polar surface area (TPSA) is 78.3 Å². The molecule has 0 atom stereocenters. The van der Waals surface area contributed by atoms with E-state index in [1.54, 1.807) is 31.0 Å². The predicted octanol–water partition coefficient (Wildman–Crippen LogP) is 3.97. The number of carbonyl (C=O) groups is 1. The zero-order valence-corrected chi connectivity index (χ0v) is 16.4. The van der Waals surface area contributed by atoms with Crippen LogP contribution >= 0.6 is 11.3 Å². The highest BCUT2D eigenvalue weighted by Gasteiger charge is 2.20. The van der Waals surface area contributed by atoms with E-state index in [4.69, 9.17) is 9.47 Å². The van der Waals surface area contributed by atoms with Crippen molar-refractivity contribution in [3.05, 3.63) is 53.7 Å². The summed E-state index contributed by atoms with van der Waals surface area (Å²) in [6.45, 7) is 0. The van der Waals surface area contributed by atoms with Crippen molar-refractivity contribution < 1.29 is 14.3 Å². The van der Waals surface area contributed by atoms with E-state index in [-0.39, 0.29) is 5.91 Å².